The quantitative estimate of drug-likeness (QED) is 0.885. The predicted octanol–water partition coefficient (Wildman–Crippen LogP) is 4.42. The Hall–Kier alpha value is -2.43. The fourth-order valence-electron chi connectivity index (χ4n) is 3.63. The number of rotatable bonds is 4. The van der Waals surface area contributed by atoms with Gasteiger partial charge in [-0.3, -0.25) is 4.79 Å². The molecule has 0 spiro atoms. The van der Waals surface area contributed by atoms with Gasteiger partial charge in [-0.25, -0.2) is 9.97 Å². The Bertz CT molecular complexity index is 803. The molecule has 2 aromatic rings. The van der Waals surface area contributed by atoms with Gasteiger partial charge in [0.25, 0.3) is 5.91 Å². The molecule has 2 heterocycles. The first-order valence-electron chi connectivity index (χ1n) is 9.49. The molecule has 1 aliphatic rings. The molecule has 138 valence electrons. The van der Waals surface area contributed by atoms with Crippen molar-refractivity contribution in [2.75, 3.05) is 16.8 Å². The van der Waals surface area contributed by atoms with E-state index >= 15 is 0 Å². The van der Waals surface area contributed by atoms with Crippen LogP contribution in [0, 0.1) is 20.8 Å². The maximum absolute atomic E-state index is 12.8. The van der Waals surface area contributed by atoms with Crippen molar-refractivity contribution >= 4 is 17.5 Å². The van der Waals surface area contributed by atoms with E-state index in [-0.39, 0.29) is 5.91 Å². The Kier molecular flexibility index (Phi) is 5.55. The van der Waals surface area contributed by atoms with Gasteiger partial charge in [0.15, 0.2) is 0 Å². The van der Waals surface area contributed by atoms with E-state index in [4.69, 9.17) is 0 Å². The number of piperidine rings is 1. The predicted molar refractivity (Wildman–Crippen MR) is 106 cm³/mol. The summed E-state index contributed by atoms with van der Waals surface area (Å²) in [5.41, 5.74) is 4.29. The van der Waals surface area contributed by atoms with Gasteiger partial charge in [-0.2, -0.15) is 0 Å². The second-order valence-electron chi connectivity index (χ2n) is 7.22. The topological polar surface area (TPSA) is 58.1 Å². The van der Waals surface area contributed by atoms with Crippen LogP contribution in [0.25, 0.3) is 0 Å². The van der Waals surface area contributed by atoms with E-state index in [1.54, 1.807) is 6.07 Å². The normalized spacial score (nSPS) is 17.2. The molecule has 1 aromatic heterocycles. The van der Waals surface area contributed by atoms with Crippen molar-refractivity contribution in [3.63, 3.8) is 0 Å². The number of benzene rings is 1. The maximum atomic E-state index is 12.8. The second kappa shape index (κ2) is 7.85. The highest BCUT2D eigenvalue weighted by Gasteiger charge is 2.24. The molecular formula is C21H28N4O. The molecule has 1 aliphatic heterocycles. The number of aromatic nitrogens is 2. The Morgan fingerprint density at radius 2 is 2.00 bits per heavy atom. The van der Waals surface area contributed by atoms with Gasteiger partial charge in [0.05, 0.1) is 0 Å². The van der Waals surface area contributed by atoms with E-state index in [0.717, 1.165) is 42.8 Å². The summed E-state index contributed by atoms with van der Waals surface area (Å²) in [5, 5.41) is 2.99. The highest BCUT2D eigenvalue weighted by molar-refractivity contribution is 6.03. The summed E-state index contributed by atoms with van der Waals surface area (Å²) in [6.45, 7) is 9.12. The van der Waals surface area contributed by atoms with E-state index in [1.807, 2.05) is 32.9 Å². The fraction of sp³-hybridized carbons (Fsp3) is 0.476. The molecular weight excluding hydrogens is 324 g/mol. The molecule has 1 atom stereocenters. The van der Waals surface area contributed by atoms with E-state index in [1.165, 1.54) is 12.0 Å². The van der Waals surface area contributed by atoms with Gasteiger partial charge in [0, 0.05) is 24.0 Å². The van der Waals surface area contributed by atoms with Gasteiger partial charge < -0.3 is 10.2 Å². The maximum Gasteiger partial charge on any atom is 0.274 e. The van der Waals surface area contributed by atoms with Crippen LogP contribution in [0.3, 0.4) is 0 Å². The average Bonchev–Trinajstić information content (AvgIpc) is 2.63. The number of carbonyl (C=O) groups is 1. The van der Waals surface area contributed by atoms with Crippen LogP contribution in [0.1, 0.15) is 59.9 Å². The third kappa shape index (κ3) is 4.03. The summed E-state index contributed by atoms with van der Waals surface area (Å²) in [6, 6.07) is 8.22. The van der Waals surface area contributed by atoms with Crippen LogP contribution in [0.2, 0.25) is 0 Å². The van der Waals surface area contributed by atoms with Gasteiger partial charge in [-0.1, -0.05) is 24.6 Å². The lowest BCUT2D eigenvalue weighted by molar-refractivity contribution is 0.102. The van der Waals surface area contributed by atoms with E-state index in [2.05, 4.69) is 33.2 Å². The van der Waals surface area contributed by atoms with Gasteiger partial charge in [-0.05, 0) is 64.2 Å². The summed E-state index contributed by atoms with van der Waals surface area (Å²) in [5.74, 6) is 0.496. The molecule has 1 aromatic carbocycles. The van der Waals surface area contributed by atoms with Crippen molar-refractivity contribution in [1.29, 1.82) is 0 Å². The van der Waals surface area contributed by atoms with Crippen LogP contribution < -0.4 is 10.2 Å². The molecule has 1 fully saturated rings. The molecule has 5 nitrogen and oxygen atoms in total. The number of nitrogens with zero attached hydrogens (tertiary/aromatic N) is 3. The number of aryl methyl sites for hydroxylation is 3. The van der Waals surface area contributed by atoms with Crippen molar-refractivity contribution in [3.8, 4) is 0 Å². The minimum absolute atomic E-state index is 0.186. The molecule has 1 amide bonds. The molecule has 3 rings (SSSR count). The minimum atomic E-state index is -0.186. The smallest absolute Gasteiger partial charge is 0.274 e. The highest BCUT2D eigenvalue weighted by Crippen LogP contribution is 2.24. The third-order valence-corrected chi connectivity index (χ3v) is 5.06. The molecule has 1 saturated heterocycles. The molecule has 1 N–H and O–H groups in total. The lowest BCUT2D eigenvalue weighted by atomic mass is 10.0. The third-order valence-electron chi connectivity index (χ3n) is 5.06. The van der Waals surface area contributed by atoms with Gasteiger partial charge in [0.1, 0.15) is 5.69 Å². The Morgan fingerprint density at radius 3 is 2.73 bits per heavy atom. The monoisotopic (exact) mass is 352 g/mol. The highest BCUT2D eigenvalue weighted by atomic mass is 16.1. The molecule has 5 heteroatoms. The molecule has 0 bridgehead atoms. The summed E-state index contributed by atoms with van der Waals surface area (Å²) >= 11 is 0. The zero-order valence-electron chi connectivity index (χ0n) is 16.2. The SMILES string of the molecule is CCC1CCCCN1c1nc(C)cc(C(=O)Nc2ccc(C)cc2C)n1. The number of anilines is 2. The molecule has 0 radical (unpaired) electrons. The second-order valence-corrected chi connectivity index (χ2v) is 7.22. The largest absolute Gasteiger partial charge is 0.338 e. The number of hydrogen-bond donors (Lipinski definition) is 1. The number of hydrogen-bond acceptors (Lipinski definition) is 4. The van der Waals surface area contributed by atoms with Crippen molar-refractivity contribution in [3.05, 3.63) is 46.8 Å². The first-order chi connectivity index (χ1) is 12.5. The minimum Gasteiger partial charge on any atom is -0.338 e. The van der Waals surface area contributed by atoms with Gasteiger partial charge in [0.2, 0.25) is 5.95 Å². The van der Waals surface area contributed by atoms with Crippen molar-refractivity contribution in [2.45, 2.75) is 59.4 Å². The van der Waals surface area contributed by atoms with Crippen LogP contribution >= 0.6 is 0 Å². The van der Waals surface area contributed by atoms with E-state index in [0.29, 0.717) is 17.7 Å². The van der Waals surface area contributed by atoms with Crippen molar-refractivity contribution < 1.29 is 4.79 Å². The van der Waals surface area contributed by atoms with Crippen LogP contribution in [-0.2, 0) is 0 Å². The van der Waals surface area contributed by atoms with E-state index < -0.39 is 0 Å². The van der Waals surface area contributed by atoms with Crippen LogP contribution in [-0.4, -0.2) is 28.5 Å². The van der Waals surface area contributed by atoms with Crippen LogP contribution in [0.4, 0.5) is 11.6 Å². The van der Waals surface area contributed by atoms with Gasteiger partial charge in [-0.15, -0.1) is 0 Å². The fourth-order valence-corrected chi connectivity index (χ4v) is 3.63. The zero-order chi connectivity index (χ0) is 18.7. The first kappa shape index (κ1) is 18.4. The summed E-state index contributed by atoms with van der Waals surface area (Å²) in [7, 11) is 0. The lowest BCUT2D eigenvalue weighted by Crippen LogP contribution is -2.40. The standard InChI is InChI=1S/C21H28N4O/c1-5-17-8-6-7-11-25(17)21-22-16(4)13-19(24-21)20(26)23-18-10-9-14(2)12-15(18)3/h9-10,12-13,17H,5-8,11H2,1-4H3,(H,23,26). The van der Waals surface area contributed by atoms with Gasteiger partial charge >= 0.3 is 0 Å². The Morgan fingerprint density at radius 1 is 1.19 bits per heavy atom. The average molecular weight is 352 g/mol. The molecule has 0 saturated carbocycles. The molecule has 1 unspecified atom stereocenters. The lowest BCUT2D eigenvalue weighted by Gasteiger charge is -2.35. The molecule has 26 heavy (non-hydrogen) atoms. The van der Waals surface area contributed by atoms with Crippen LogP contribution in [0.15, 0.2) is 24.3 Å². The summed E-state index contributed by atoms with van der Waals surface area (Å²) in [6.07, 6.45) is 4.64. The Balaban J connectivity index is 1.85. The van der Waals surface area contributed by atoms with E-state index in [9.17, 15) is 4.79 Å². The number of amides is 1. The zero-order valence-corrected chi connectivity index (χ0v) is 16.2. The number of carbonyl (C=O) groups excluding carboxylic acids is 1. The van der Waals surface area contributed by atoms with Crippen LogP contribution in [0.5, 0.6) is 0 Å². The summed E-state index contributed by atoms with van der Waals surface area (Å²) < 4.78 is 0. The van der Waals surface area contributed by atoms with Crippen molar-refractivity contribution in [2.24, 2.45) is 0 Å². The first-order valence-corrected chi connectivity index (χ1v) is 9.49. The number of nitrogens with one attached hydrogen (secondary N) is 1. The summed E-state index contributed by atoms with van der Waals surface area (Å²) in [4.78, 5) is 24.2. The Labute approximate surface area is 155 Å². The van der Waals surface area contributed by atoms with Crippen molar-refractivity contribution in [1.82, 2.24) is 9.97 Å². The molecule has 0 aliphatic carbocycles.